The number of carbonyl (C=O) groups excluding carboxylic acids is 1. The van der Waals surface area contributed by atoms with E-state index in [4.69, 9.17) is 4.74 Å². The fourth-order valence-electron chi connectivity index (χ4n) is 3.90. The highest BCUT2D eigenvalue weighted by molar-refractivity contribution is 7.89. The van der Waals surface area contributed by atoms with Crippen LogP contribution in [0, 0.1) is 6.92 Å². The van der Waals surface area contributed by atoms with Crippen LogP contribution in [0.2, 0.25) is 0 Å². The summed E-state index contributed by atoms with van der Waals surface area (Å²) in [5.74, 6) is 0.159. The van der Waals surface area contributed by atoms with Crippen molar-refractivity contribution in [3.63, 3.8) is 0 Å². The lowest BCUT2D eigenvalue weighted by Crippen LogP contribution is -2.40. The van der Waals surface area contributed by atoms with Gasteiger partial charge in [-0.05, 0) is 68.7 Å². The summed E-state index contributed by atoms with van der Waals surface area (Å²) in [6.07, 6.45) is 1.09. The average molecular weight is 460 g/mol. The maximum Gasteiger partial charge on any atom is 0.266 e. The van der Waals surface area contributed by atoms with Crippen LogP contribution in [-0.4, -0.2) is 42.9 Å². The van der Waals surface area contributed by atoms with Crippen molar-refractivity contribution in [1.29, 1.82) is 0 Å². The molecule has 2 aromatic carbocycles. The normalized spacial score (nSPS) is 18.0. The van der Waals surface area contributed by atoms with Gasteiger partial charge >= 0.3 is 0 Å². The molecule has 1 aliphatic heterocycles. The first-order chi connectivity index (χ1) is 14.8. The van der Waals surface area contributed by atoms with Gasteiger partial charge in [-0.3, -0.25) is 4.79 Å². The van der Waals surface area contributed by atoms with Gasteiger partial charge in [0.1, 0.15) is 11.8 Å². The minimum absolute atomic E-state index is 0.147. The van der Waals surface area contributed by atoms with Gasteiger partial charge in [-0.1, -0.05) is 17.4 Å². The predicted molar refractivity (Wildman–Crippen MR) is 121 cm³/mol. The van der Waals surface area contributed by atoms with Gasteiger partial charge in [0.2, 0.25) is 10.0 Å². The van der Waals surface area contributed by atoms with Gasteiger partial charge in [0.15, 0.2) is 4.80 Å². The number of fused-ring (bicyclic) bond motifs is 1. The summed E-state index contributed by atoms with van der Waals surface area (Å²) < 4.78 is 35.8. The number of methoxy groups -OCH3 is 1. The summed E-state index contributed by atoms with van der Waals surface area (Å²) in [7, 11) is -2.28. The second-order valence-electron chi connectivity index (χ2n) is 7.50. The van der Waals surface area contributed by atoms with E-state index in [2.05, 4.69) is 11.1 Å². The van der Waals surface area contributed by atoms with Crippen molar-refractivity contribution in [1.82, 2.24) is 8.87 Å². The number of amides is 1. The molecule has 0 spiro atoms. The zero-order chi connectivity index (χ0) is 22.2. The molecule has 4 rings (SSSR count). The molecule has 1 aromatic heterocycles. The van der Waals surface area contributed by atoms with E-state index in [-0.39, 0.29) is 4.90 Å². The topological polar surface area (TPSA) is 81.0 Å². The van der Waals surface area contributed by atoms with Crippen LogP contribution in [0.25, 0.3) is 10.2 Å². The van der Waals surface area contributed by atoms with Crippen LogP contribution in [-0.2, 0) is 21.4 Å². The highest BCUT2D eigenvalue weighted by Gasteiger charge is 2.39. The third kappa shape index (κ3) is 4.05. The summed E-state index contributed by atoms with van der Waals surface area (Å²) in [5, 5.41) is 0. The summed E-state index contributed by atoms with van der Waals surface area (Å²) in [4.78, 5) is 18.2. The average Bonchev–Trinajstić information content (AvgIpc) is 3.38. The zero-order valence-electron chi connectivity index (χ0n) is 17.7. The Kier molecular flexibility index (Phi) is 6.00. The largest absolute Gasteiger partial charge is 0.497 e. The highest BCUT2D eigenvalue weighted by Crippen LogP contribution is 2.28. The molecule has 0 N–H and O–H groups in total. The Balaban J connectivity index is 1.69. The molecule has 1 aliphatic rings. The number of carbonyl (C=O) groups is 1. The minimum Gasteiger partial charge on any atom is -0.497 e. The van der Waals surface area contributed by atoms with Crippen LogP contribution in [0.1, 0.15) is 25.3 Å². The molecule has 2 heterocycles. The van der Waals surface area contributed by atoms with Crippen molar-refractivity contribution in [2.24, 2.45) is 4.99 Å². The Bertz CT molecular complexity index is 1290. The van der Waals surface area contributed by atoms with Crippen LogP contribution < -0.4 is 9.54 Å². The number of hydrogen-bond donors (Lipinski definition) is 0. The first kappa shape index (κ1) is 21.7. The predicted octanol–water partition coefficient (Wildman–Crippen LogP) is 3.32. The number of nitrogens with zero attached hydrogens (tertiary/aromatic N) is 3. The third-order valence-corrected chi connectivity index (χ3v) is 8.48. The summed E-state index contributed by atoms with van der Waals surface area (Å²) in [6.45, 7) is 5.01. The molecule has 3 aromatic rings. The molecular weight excluding hydrogens is 434 g/mol. The molecule has 0 radical (unpaired) electrons. The quantitative estimate of drug-likeness (QED) is 0.586. The molecule has 9 heteroatoms. The Labute approximate surface area is 185 Å². The lowest BCUT2D eigenvalue weighted by atomic mass is 10.2. The van der Waals surface area contributed by atoms with Crippen molar-refractivity contribution in [2.45, 2.75) is 44.2 Å². The molecule has 7 nitrogen and oxygen atoms in total. The van der Waals surface area contributed by atoms with Crippen molar-refractivity contribution in [2.75, 3.05) is 13.7 Å². The maximum atomic E-state index is 13.2. The monoisotopic (exact) mass is 459 g/mol. The molecule has 1 atom stereocenters. The number of sulfonamides is 1. The first-order valence-electron chi connectivity index (χ1n) is 10.2. The van der Waals surface area contributed by atoms with Crippen LogP contribution in [0.15, 0.2) is 52.4 Å². The summed E-state index contributed by atoms with van der Waals surface area (Å²) in [5.41, 5.74) is 2.17. The fraction of sp³-hybridized carbons (Fsp3) is 0.364. The maximum absolute atomic E-state index is 13.2. The number of ether oxygens (including phenoxy) is 1. The standard InChI is InChI=1S/C22H25N3O4S2/c1-4-24-18-12-7-15(2)14-20(18)30-22(24)23-21(26)19-6-5-13-25(19)31(27,28)17-10-8-16(29-3)9-11-17/h7-12,14,19H,4-6,13H2,1-3H3. The van der Waals surface area contributed by atoms with Crippen molar-refractivity contribution in [3.05, 3.63) is 52.8 Å². The minimum atomic E-state index is -3.80. The van der Waals surface area contributed by atoms with E-state index in [0.717, 1.165) is 15.8 Å². The molecule has 1 amide bonds. The Morgan fingerprint density at radius 1 is 1.23 bits per heavy atom. The third-order valence-electron chi connectivity index (χ3n) is 5.52. The van der Waals surface area contributed by atoms with E-state index in [0.29, 0.717) is 36.5 Å². The second-order valence-corrected chi connectivity index (χ2v) is 10.4. The van der Waals surface area contributed by atoms with E-state index in [1.807, 2.05) is 30.5 Å². The Morgan fingerprint density at radius 3 is 2.65 bits per heavy atom. The zero-order valence-corrected chi connectivity index (χ0v) is 19.4. The van der Waals surface area contributed by atoms with Crippen LogP contribution in [0.5, 0.6) is 5.75 Å². The molecule has 1 fully saturated rings. The summed E-state index contributed by atoms with van der Waals surface area (Å²) >= 11 is 1.45. The number of aryl methyl sites for hydroxylation is 2. The molecule has 31 heavy (non-hydrogen) atoms. The van der Waals surface area contributed by atoms with Crippen LogP contribution in [0.4, 0.5) is 0 Å². The van der Waals surface area contributed by atoms with Gasteiger partial charge in [0.05, 0.1) is 22.2 Å². The molecule has 0 bridgehead atoms. The Hall–Kier alpha value is -2.49. The number of hydrogen-bond acceptors (Lipinski definition) is 5. The molecule has 1 unspecified atom stereocenters. The van der Waals surface area contributed by atoms with Gasteiger partial charge in [-0.15, -0.1) is 0 Å². The van der Waals surface area contributed by atoms with E-state index in [9.17, 15) is 13.2 Å². The fourth-order valence-corrected chi connectivity index (χ4v) is 6.75. The number of thiazole rings is 1. The van der Waals surface area contributed by atoms with Gasteiger partial charge in [0, 0.05) is 13.1 Å². The lowest BCUT2D eigenvalue weighted by molar-refractivity contribution is -0.121. The highest BCUT2D eigenvalue weighted by atomic mass is 32.2. The van der Waals surface area contributed by atoms with Gasteiger partial charge in [0.25, 0.3) is 5.91 Å². The van der Waals surface area contributed by atoms with Crippen molar-refractivity contribution in [3.8, 4) is 5.75 Å². The van der Waals surface area contributed by atoms with E-state index >= 15 is 0 Å². The van der Waals surface area contributed by atoms with E-state index in [1.54, 1.807) is 12.1 Å². The van der Waals surface area contributed by atoms with Gasteiger partial charge in [-0.2, -0.15) is 9.30 Å². The molecule has 164 valence electrons. The van der Waals surface area contributed by atoms with Crippen LogP contribution in [0.3, 0.4) is 0 Å². The number of aromatic nitrogens is 1. The molecular formula is C22H25N3O4S2. The summed E-state index contributed by atoms with van der Waals surface area (Å²) in [6, 6.07) is 11.6. The number of rotatable bonds is 5. The first-order valence-corrected chi connectivity index (χ1v) is 12.4. The smallest absolute Gasteiger partial charge is 0.266 e. The van der Waals surface area contributed by atoms with Gasteiger partial charge in [-0.25, -0.2) is 8.42 Å². The van der Waals surface area contributed by atoms with Crippen molar-refractivity contribution >= 4 is 37.5 Å². The van der Waals surface area contributed by atoms with E-state index in [1.165, 1.54) is 34.9 Å². The second kappa shape index (κ2) is 8.57. The van der Waals surface area contributed by atoms with Crippen LogP contribution >= 0.6 is 11.3 Å². The van der Waals surface area contributed by atoms with E-state index < -0.39 is 22.0 Å². The van der Waals surface area contributed by atoms with Gasteiger partial charge < -0.3 is 9.30 Å². The molecule has 0 saturated carbocycles. The molecule has 1 saturated heterocycles. The number of benzene rings is 2. The van der Waals surface area contributed by atoms with Crippen molar-refractivity contribution < 1.29 is 17.9 Å². The Morgan fingerprint density at radius 2 is 1.97 bits per heavy atom. The lowest BCUT2D eigenvalue weighted by Gasteiger charge is -2.21. The molecule has 0 aliphatic carbocycles. The SMILES string of the molecule is CCn1c(=NC(=O)C2CCCN2S(=O)(=O)c2ccc(OC)cc2)sc2cc(C)ccc21.